The number of amides is 2. The van der Waals surface area contributed by atoms with Gasteiger partial charge in [0.1, 0.15) is 17.1 Å². The van der Waals surface area contributed by atoms with Crippen molar-refractivity contribution in [3.63, 3.8) is 0 Å². The van der Waals surface area contributed by atoms with Gasteiger partial charge in [-0.2, -0.15) is 0 Å². The van der Waals surface area contributed by atoms with E-state index in [1.807, 2.05) is 0 Å². The number of nitrogen functional groups attached to an aromatic ring is 1. The second-order valence-electron chi connectivity index (χ2n) is 6.60. The first kappa shape index (κ1) is 25.3. The molecule has 0 aromatic carbocycles. The molecule has 33 heavy (non-hydrogen) atoms. The summed E-state index contributed by atoms with van der Waals surface area (Å²) < 4.78 is 3.82. The first-order chi connectivity index (χ1) is 15.3. The molecule has 1 unspecified atom stereocenters. The van der Waals surface area contributed by atoms with Gasteiger partial charge in [0.2, 0.25) is 0 Å². The molecule has 16 heteroatoms. The van der Waals surface area contributed by atoms with Gasteiger partial charge in [-0.05, 0) is 30.1 Å². The number of nitrogens with one attached hydrogen (secondary N) is 1. The van der Waals surface area contributed by atoms with Crippen LogP contribution in [0.4, 0.5) is 5.13 Å². The number of oxime groups is 1. The first-order valence-corrected chi connectivity index (χ1v) is 11.6. The van der Waals surface area contributed by atoms with E-state index >= 15 is 0 Å². The first-order valence-electron chi connectivity index (χ1n) is 8.92. The predicted octanol–water partition coefficient (Wildman–Crippen LogP) is -3.82. The quantitative estimate of drug-likeness (QED) is 0.113. The molecule has 4 N–H and O–H groups in total. The van der Waals surface area contributed by atoms with Gasteiger partial charge in [-0.1, -0.05) is 15.7 Å². The monoisotopic (exact) mass is 515 g/mol. The number of fused-ring (bicyclic) bond motifs is 1. The zero-order chi connectivity index (χ0) is 23.0. The van der Waals surface area contributed by atoms with E-state index in [0.29, 0.717) is 11.3 Å². The number of thiazole rings is 1. The van der Waals surface area contributed by atoms with Crippen LogP contribution in [0.15, 0.2) is 27.9 Å². The predicted molar refractivity (Wildman–Crippen MR) is 116 cm³/mol. The number of carbonyl (C=O) groups is 3. The number of β-lactam (4-membered cyclic amide) rings is 1. The molecule has 166 valence electrons. The van der Waals surface area contributed by atoms with Crippen molar-refractivity contribution < 1.29 is 54.3 Å². The van der Waals surface area contributed by atoms with Crippen molar-refractivity contribution in [2.75, 3.05) is 11.5 Å². The maximum Gasteiger partial charge on any atom is 1.00 e. The molecule has 0 aliphatic carbocycles. The van der Waals surface area contributed by atoms with Crippen molar-refractivity contribution in [1.82, 2.24) is 24.8 Å². The molecule has 2 aliphatic heterocycles. The molecule has 12 nitrogen and oxygen atoms in total. The van der Waals surface area contributed by atoms with Crippen LogP contribution in [0.3, 0.4) is 0 Å². The number of aryl methyl sites for hydroxylation is 1. The third-order valence-corrected chi connectivity index (χ3v) is 7.45. The number of rotatable bonds is 6. The molecule has 2 atom stereocenters. The molecule has 0 bridgehead atoms. The van der Waals surface area contributed by atoms with E-state index in [4.69, 9.17) is 5.73 Å². The van der Waals surface area contributed by atoms with Crippen molar-refractivity contribution in [1.29, 1.82) is 0 Å². The largest absolute Gasteiger partial charge is 1.00 e. The molecule has 2 aliphatic rings. The molecule has 0 spiro atoms. The normalized spacial score (nSPS) is 20.3. The number of nitrogens with zero attached hydrogens (tertiary/aromatic N) is 5. The van der Waals surface area contributed by atoms with Gasteiger partial charge < -0.3 is 26.2 Å². The van der Waals surface area contributed by atoms with E-state index in [9.17, 15) is 24.7 Å². The van der Waals surface area contributed by atoms with Crippen LogP contribution in [0.5, 0.6) is 0 Å². The van der Waals surface area contributed by atoms with Crippen LogP contribution >= 0.6 is 34.6 Å². The number of carboxylic acids is 1. The summed E-state index contributed by atoms with van der Waals surface area (Å²) in [6.07, 6.45) is 3.28. The van der Waals surface area contributed by atoms with E-state index in [-0.39, 0.29) is 51.8 Å². The Morgan fingerprint density at radius 1 is 1.42 bits per heavy atom. The zero-order valence-corrected chi connectivity index (χ0v) is 21.7. The van der Waals surface area contributed by atoms with Gasteiger partial charge >= 0.3 is 29.6 Å². The minimum absolute atomic E-state index is 0. The molecule has 2 aromatic heterocycles. The van der Waals surface area contributed by atoms with Crippen LogP contribution in [0.2, 0.25) is 0 Å². The third-order valence-electron chi connectivity index (χ3n) is 4.68. The number of hydrogen-bond donors (Lipinski definition) is 3. The van der Waals surface area contributed by atoms with Gasteiger partial charge in [0, 0.05) is 11.1 Å². The number of carboxylic acid groups (broad SMARTS) is 1. The van der Waals surface area contributed by atoms with Crippen LogP contribution in [0, 0.1) is 6.92 Å². The molecular formula is C17H14N7NaO5S3. The van der Waals surface area contributed by atoms with Gasteiger partial charge in [0.15, 0.2) is 10.8 Å². The van der Waals surface area contributed by atoms with E-state index in [1.165, 1.54) is 17.1 Å². The molecule has 4 rings (SSSR count). The van der Waals surface area contributed by atoms with Crippen molar-refractivity contribution in [2.24, 2.45) is 5.16 Å². The molecule has 1 saturated heterocycles. The minimum Gasteiger partial charge on any atom is -0.543 e. The van der Waals surface area contributed by atoms with Crippen LogP contribution in [0.1, 0.15) is 16.3 Å². The van der Waals surface area contributed by atoms with Crippen LogP contribution in [-0.2, 0) is 14.4 Å². The van der Waals surface area contributed by atoms with E-state index in [1.54, 1.807) is 19.1 Å². The maximum absolute atomic E-state index is 12.7. The molecular weight excluding hydrogens is 501 g/mol. The SMILES string of the molecule is Cc1nnsc1/C=C\C1=C(C(=O)[O-])N2C(=O)C(NC(=O)/C(=N\O)c3csc(N)n3)[C@H]2SC1.[Na+]. The summed E-state index contributed by atoms with van der Waals surface area (Å²) >= 11 is 3.50. The van der Waals surface area contributed by atoms with E-state index in [2.05, 4.69) is 25.0 Å². The maximum atomic E-state index is 12.7. The Morgan fingerprint density at radius 3 is 2.76 bits per heavy atom. The number of anilines is 1. The average molecular weight is 516 g/mol. The Labute approximate surface area is 221 Å². The fourth-order valence-corrected chi connectivity index (χ4v) is 5.57. The Bertz CT molecular complexity index is 1210. The van der Waals surface area contributed by atoms with Gasteiger partial charge in [-0.25, -0.2) is 4.98 Å². The summed E-state index contributed by atoms with van der Waals surface area (Å²) in [5.74, 6) is -2.68. The Kier molecular flexibility index (Phi) is 7.92. The second kappa shape index (κ2) is 10.3. The number of thioether (sulfide) groups is 1. The number of allylic oxidation sites excluding steroid dienone is 1. The molecule has 0 saturated carbocycles. The Morgan fingerprint density at radius 2 is 2.18 bits per heavy atom. The topological polar surface area (TPSA) is 187 Å². The minimum atomic E-state index is -1.50. The summed E-state index contributed by atoms with van der Waals surface area (Å²) in [6.45, 7) is 1.78. The molecule has 1 fully saturated rings. The van der Waals surface area contributed by atoms with Gasteiger partial charge in [0.05, 0.1) is 22.2 Å². The van der Waals surface area contributed by atoms with E-state index < -0.39 is 34.9 Å². The van der Waals surface area contributed by atoms with Crippen molar-refractivity contribution in [3.05, 3.63) is 39.0 Å². The molecule has 4 heterocycles. The molecule has 2 aromatic rings. The number of aromatic nitrogens is 3. The summed E-state index contributed by atoms with van der Waals surface area (Å²) in [6, 6.07) is -1.01. The fourth-order valence-electron chi connectivity index (χ4n) is 3.15. The van der Waals surface area contributed by atoms with Gasteiger partial charge in [0.25, 0.3) is 11.8 Å². The summed E-state index contributed by atoms with van der Waals surface area (Å²) in [4.78, 5) is 42.8. The number of hydrogen-bond acceptors (Lipinski definition) is 13. The summed E-state index contributed by atoms with van der Waals surface area (Å²) in [5, 5.41) is 31.3. The zero-order valence-electron chi connectivity index (χ0n) is 17.2. The number of carbonyl (C=O) groups excluding carboxylic acids is 3. The van der Waals surface area contributed by atoms with Crippen LogP contribution < -0.4 is 45.7 Å². The second-order valence-corrected chi connectivity index (χ2v) is 9.38. The van der Waals surface area contributed by atoms with Crippen LogP contribution in [0.25, 0.3) is 6.08 Å². The third kappa shape index (κ3) is 4.83. The fraction of sp³-hybridized carbons (Fsp3) is 0.235. The smallest absolute Gasteiger partial charge is 0.543 e. The Balaban J connectivity index is 0.00000306. The van der Waals surface area contributed by atoms with Crippen molar-refractivity contribution in [2.45, 2.75) is 18.3 Å². The van der Waals surface area contributed by atoms with E-state index in [0.717, 1.165) is 32.6 Å². The standard InChI is InChI=1S/C17H15N7O5S3.Na/c1-6-9(32-23-21-6)3-2-7-4-30-15-11(14(26)24(15)12(7)16(27)28)20-13(25)10(22-29)8-5-31-17(18)19-8;/h2-3,5,11,15,29H,4H2,1H3,(H2,18,19)(H,20,25)(H,27,28);/q;+1/p-1/b3-2-,22-10-;/t11?,15-;/m1./s1. The van der Waals surface area contributed by atoms with Crippen molar-refractivity contribution in [3.8, 4) is 0 Å². The number of aliphatic carboxylic acids is 1. The number of nitrogens with two attached hydrogens (primary N) is 1. The molecule has 2 amide bonds. The Hall–Kier alpha value is -2.30. The van der Waals surface area contributed by atoms with Gasteiger partial charge in [-0.3, -0.25) is 14.5 Å². The summed E-state index contributed by atoms with van der Waals surface area (Å²) in [7, 11) is 0. The van der Waals surface area contributed by atoms with Gasteiger partial charge in [-0.15, -0.1) is 28.2 Å². The van der Waals surface area contributed by atoms with Crippen LogP contribution in [-0.4, -0.2) is 65.3 Å². The van der Waals surface area contributed by atoms with Crippen molar-refractivity contribution >= 4 is 69.3 Å². The molecule has 0 radical (unpaired) electrons. The average Bonchev–Trinajstić information content (AvgIpc) is 3.37. The summed E-state index contributed by atoms with van der Waals surface area (Å²) in [5.41, 5.74) is 6.04.